The molecule has 1 fully saturated rings. The van der Waals surface area contributed by atoms with Crippen molar-refractivity contribution in [1.82, 2.24) is 5.32 Å². The lowest BCUT2D eigenvalue weighted by atomic mass is 9.86. The molecule has 23 heavy (non-hydrogen) atoms. The lowest BCUT2D eigenvalue weighted by Gasteiger charge is -2.21. The summed E-state index contributed by atoms with van der Waals surface area (Å²) in [6.07, 6.45) is 8.06. The Morgan fingerprint density at radius 1 is 1.30 bits per heavy atom. The van der Waals surface area contributed by atoms with E-state index in [-0.39, 0.29) is 23.5 Å². The van der Waals surface area contributed by atoms with Gasteiger partial charge in [-0.2, -0.15) is 0 Å². The van der Waals surface area contributed by atoms with Gasteiger partial charge in [0.2, 0.25) is 0 Å². The molecule has 0 amide bonds. The second-order valence-electron chi connectivity index (χ2n) is 6.52. The number of aliphatic hydroxyl groups is 1. The van der Waals surface area contributed by atoms with Crippen molar-refractivity contribution >= 4 is 5.78 Å². The van der Waals surface area contributed by atoms with Gasteiger partial charge in [0.1, 0.15) is 5.75 Å². The first-order chi connectivity index (χ1) is 11.0. The normalized spacial score (nSPS) is 18.7. The molecule has 0 heterocycles. The average Bonchev–Trinajstić information content (AvgIpc) is 2.57. The Morgan fingerprint density at radius 2 is 2.00 bits per heavy atom. The van der Waals surface area contributed by atoms with Gasteiger partial charge < -0.3 is 15.5 Å². The standard InChI is InChI=1S/C19H27NO3/c1-13-12-16(8-9-17(13)21)19(23)14(2)20-11-10-18(22)15-6-4-3-5-7-15/h8-12,14-15,19-21,23H,3-7H2,1-2H3/b11-10+. The summed E-state index contributed by atoms with van der Waals surface area (Å²) >= 11 is 0. The monoisotopic (exact) mass is 317 g/mol. The molecule has 3 N–H and O–H groups in total. The highest BCUT2D eigenvalue weighted by molar-refractivity contribution is 5.91. The predicted octanol–water partition coefficient (Wildman–Crippen LogP) is 3.38. The summed E-state index contributed by atoms with van der Waals surface area (Å²) < 4.78 is 0. The summed E-state index contributed by atoms with van der Waals surface area (Å²) in [6.45, 7) is 3.66. The molecule has 0 bridgehead atoms. The molecular weight excluding hydrogens is 290 g/mol. The average molecular weight is 317 g/mol. The third-order valence-electron chi connectivity index (χ3n) is 4.65. The minimum atomic E-state index is -0.705. The van der Waals surface area contributed by atoms with Crippen molar-refractivity contribution in [2.45, 2.75) is 58.1 Å². The second kappa shape index (κ2) is 8.16. The van der Waals surface area contributed by atoms with Gasteiger partial charge in [-0.3, -0.25) is 4.79 Å². The number of benzene rings is 1. The summed E-state index contributed by atoms with van der Waals surface area (Å²) in [7, 11) is 0. The number of hydrogen-bond donors (Lipinski definition) is 3. The Labute approximate surface area is 138 Å². The van der Waals surface area contributed by atoms with Crippen molar-refractivity contribution < 1.29 is 15.0 Å². The van der Waals surface area contributed by atoms with Gasteiger partial charge in [-0.05, 0) is 56.0 Å². The minimum Gasteiger partial charge on any atom is -0.508 e. The number of nitrogens with one attached hydrogen (secondary N) is 1. The van der Waals surface area contributed by atoms with Crippen LogP contribution in [0.4, 0.5) is 0 Å². The van der Waals surface area contributed by atoms with Gasteiger partial charge in [0.15, 0.2) is 5.78 Å². The highest BCUT2D eigenvalue weighted by atomic mass is 16.3. The second-order valence-corrected chi connectivity index (χ2v) is 6.52. The van der Waals surface area contributed by atoms with E-state index in [9.17, 15) is 15.0 Å². The van der Waals surface area contributed by atoms with Crippen LogP contribution in [0.2, 0.25) is 0 Å². The number of hydrogen-bond acceptors (Lipinski definition) is 4. The van der Waals surface area contributed by atoms with Crippen LogP contribution in [0.15, 0.2) is 30.5 Å². The molecule has 1 aliphatic rings. The van der Waals surface area contributed by atoms with Gasteiger partial charge >= 0.3 is 0 Å². The molecule has 0 saturated heterocycles. The maximum atomic E-state index is 12.1. The Kier molecular flexibility index (Phi) is 6.22. The van der Waals surface area contributed by atoms with Gasteiger partial charge in [0.25, 0.3) is 0 Å². The van der Waals surface area contributed by atoms with E-state index in [4.69, 9.17) is 0 Å². The molecule has 0 aliphatic heterocycles. The fourth-order valence-corrected chi connectivity index (χ4v) is 3.05. The molecule has 2 rings (SSSR count). The summed E-state index contributed by atoms with van der Waals surface area (Å²) in [6, 6.07) is 4.84. The number of aromatic hydroxyl groups is 1. The first kappa shape index (κ1) is 17.5. The molecule has 4 heteroatoms. The molecular formula is C19H27NO3. The van der Waals surface area contributed by atoms with Gasteiger partial charge in [0, 0.05) is 12.1 Å². The highest BCUT2D eigenvalue weighted by Gasteiger charge is 2.19. The Morgan fingerprint density at radius 3 is 2.65 bits per heavy atom. The van der Waals surface area contributed by atoms with Crippen LogP contribution < -0.4 is 5.32 Å². The summed E-state index contributed by atoms with van der Waals surface area (Å²) in [4.78, 5) is 12.1. The fourth-order valence-electron chi connectivity index (χ4n) is 3.05. The molecule has 1 aliphatic carbocycles. The Bertz CT molecular complexity index is 562. The summed E-state index contributed by atoms with van der Waals surface area (Å²) in [5, 5.41) is 23.0. The SMILES string of the molecule is Cc1cc(C(O)C(C)N/C=C/C(=O)C2CCCCC2)ccc1O. The Hall–Kier alpha value is -1.81. The zero-order valence-corrected chi connectivity index (χ0v) is 14.0. The van der Waals surface area contributed by atoms with Gasteiger partial charge in [0.05, 0.1) is 12.1 Å². The van der Waals surface area contributed by atoms with Crippen molar-refractivity contribution in [2.75, 3.05) is 0 Å². The van der Waals surface area contributed by atoms with Crippen LogP contribution in [0, 0.1) is 12.8 Å². The van der Waals surface area contributed by atoms with Crippen LogP contribution in [-0.2, 0) is 4.79 Å². The van der Waals surface area contributed by atoms with Crippen LogP contribution in [0.3, 0.4) is 0 Å². The number of allylic oxidation sites excluding steroid dienone is 1. The molecule has 0 spiro atoms. The van der Waals surface area contributed by atoms with Crippen LogP contribution in [-0.4, -0.2) is 22.0 Å². The lowest BCUT2D eigenvalue weighted by Crippen LogP contribution is -2.28. The number of carbonyl (C=O) groups excluding carboxylic acids is 1. The van der Waals surface area contributed by atoms with Gasteiger partial charge in [-0.1, -0.05) is 25.3 Å². The van der Waals surface area contributed by atoms with Gasteiger partial charge in [-0.15, -0.1) is 0 Å². The minimum absolute atomic E-state index is 0.168. The first-order valence-corrected chi connectivity index (χ1v) is 8.43. The van der Waals surface area contributed by atoms with E-state index in [1.165, 1.54) is 6.42 Å². The van der Waals surface area contributed by atoms with E-state index in [2.05, 4.69) is 5.32 Å². The number of aliphatic hydroxyl groups excluding tert-OH is 1. The van der Waals surface area contributed by atoms with E-state index in [1.54, 1.807) is 37.4 Å². The molecule has 0 radical (unpaired) electrons. The van der Waals surface area contributed by atoms with Crippen molar-refractivity contribution in [3.05, 3.63) is 41.6 Å². The van der Waals surface area contributed by atoms with E-state index in [0.29, 0.717) is 0 Å². The lowest BCUT2D eigenvalue weighted by molar-refractivity contribution is -0.119. The number of phenols is 1. The van der Waals surface area contributed by atoms with Crippen LogP contribution >= 0.6 is 0 Å². The molecule has 4 nitrogen and oxygen atoms in total. The first-order valence-electron chi connectivity index (χ1n) is 8.43. The zero-order valence-electron chi connectivity index (χ0n) is 14.0. The van der Waals surface area contributed by atoms with E-state index in [0.717, 1.165) is 36.8 Å². The van der Waals surface area contributed by atoms with Crippen LogP contribution in [0.1, 0.15) is 56.3 Å². The van der Waals surface area contributed by atoms with Crippen molar-refractivity contribution in [2.24, 2.45) is 5.92 Å². The van der Waals surface area contributed by atoms with Crippen molar-refractivity contribution in [3.8, 4) is 5.75 Å². The quantitative estimate of drug-likeness (QED) is 0.704. The predicted molar refractivity (Wildman–Crippen MR) is 91.1 cm³/mol. The third-order valence-corrected chi connectivity index (χ3v) is 4.65. The molecule has 0 aromatic heterocycles. The molecule has 126 valence electrons. The van der Waals surface area contributed by atoms with Gasteiger partial charge in [-0.25, -0.2) is 0 Å². The third kappa shape index (κ3) is 4.83. The summed E-state index contributed by atoms with van der Waals surface area (Å²) in [5.41, 5.74) is 1.48. The smallest absolute Gasteiger partial charge is 0.160 e. The van der Waals surface area contributed by atoms with Crippen molar-refractivity contribution in [1.29, 1.82) is 0 Å². The number of phenolic OH excluding ortho intramolecular Hbond substituents is 1. The van der Waals surface area contributed by atoms with Crippen LogP contribution in [0.25, 0.3) is 0 Å². The summed E-state index contributed by atoms with van der Waals surface area (Å²) in [5.74, 6) is 0.570. The highest BCUT2D eigenvalue weighted by Crippen LogP contribution is 2.25. The number of ketones is 1. The van der Waals surface area contributed by atoms with Crippen LogP contribution in [0.5, 0.6) is 5.75 Å². The molecule has 1 aromatic rings. The number of rotatable bonds is 6. The van der Waals surface area contributed by atoms with E-state index < -0.39 is 6.10 Å². The maximum Gasteiger partial charge on any atom is 0.160 e. The largest absolute Gasteiger partial charge is 0.508 e. The van der Waals surface area contributed by atoms with E-state index >= 15 is 0 Å². The molecule has 2 atom stereocenters. The Balaban J connectivity index is 1.87. The molecule has 1 aromatic carbocycles. The number of carbonyl (C=O) groups is 1. The zero-order chi connectivity index (χ0) is 16.8. The number of aryl methyl sites for hydroxylation is 1. The fraction of sp³-hybridized carbons (Fsp3) is 0.526. The topological polar surface area (TPSA) is 69.6 Å². The molecule has 1 saturated carbocycles. The van der Waals surface area contributed by atoms with E-state index in [1.807, 2.05) is 6.92 Å². The molecule has 2 unspecified atom stereocenters. The maximum absolute atomic E-state index is 12.1. The van der Waals surface area contributed by atoms with Crippen molar-refractivity contribution in [3.63, 3.8) is 0 Å².